The first-order valence-electron chi connectivity index (χ1n) is 7.70. The Morgan fingerprint density at radius 3 is 2.58 bits per heavy atom. The van der Waals surface area contributed by atoms with Crippen LogP contribution in [-0.4, -0.2) is 38.4 Å². The molecule has 0 unspecified atom stereocenters. The van der Waals surface area contributed by atoms with Gasteiger partial charge in [0.15, 0.2) is 0 Å². The van der Waals surface area contributed by atoms with Crippen molar-refractivity contribution in [2.45, 2.75) is 58.4 Å². The largest absolute Gasteiger partial charge is 0.464 e. The summed E-state index contributed by atoms with van der Waals surface area (Å²) in [6.07, 6.45) is 8.22. The van der Waals surface area contributed by atoms with Gasteiger partial charge in [0.05, 0.1) is 13.2 Å². The van der Waals surface area contributed by atoms with E-state index in [-0.39, 0.29) is 12.6 Å². The zero-order valence-electron chi connectivity index (χ0n) is 12.5. The van der Waals surface area contributed by atoms with Crippen LogP contribution in [0.5, 0.6) is 0 Å². The van der Waals surface area contributed by atoms with Crippen LogP contribution in [0.3, 0.4) is 0 Å². The van der Waals surface area contributed by atoms with E-state index in [2.05, 4.69) is 12.2 Å². The predicted molar refractivity (Wildman–Crippen MR) is 76.1 cm³/mol. The van der Waals surface area contributed by atoms with Crippen LogP contribution in [0.25, 0.3) is 0 Å². The maximum Gasteiger partial charge on any atom is 0.332 e. The summed E-state index contributed by atoms with van der Waals surface area (Å²) in [5.41, 5.74) is 0. The van der Waals surface area contributed by atoms with Gasteiger partial charge in [-0.15, -0.1) is 0 Å². The van der Waals surface area contributed by atoms with Gasteiger partial charge in [-0.3, -0.25) is 0 Å². The highest BCUT2D eigenvalue weighted by Crippen LogP contribution is 2.25. The predicted octanol–water partition coefficient (Wildman–Crippen LogP) is 2.51. The zero-order valence-corrected chi connectivity index (χ0v) is 12.5. The highest BCUT2D eigenvalue weighted by Gasteiger charge is 2.18. The van der Waals surface area contributed by atoms with Gasteiger partial charge in [0.1, 0.15) is 6.61 Å². The van der Waals surface area contributed by atoms with Crippen molar-refractivity contribution in [1.82, 2.24) is 5.32 Å². The lowest BCUT2D eigenvalue weighted by Crippen LogP contribution is -2.35. The van der Waals surface area contributed by atoms with E-state index in [1.165, 1.54) is 38.5 Å². The highest BCUT2D eigenvalue weighted by atomic mass is 16.6. The summed E-state index contributed by atoms with van der Waals surface area (Å²) in [5.74, 6) is 0.520. The second-order valence-electron chi connectivity index (χ2n) is 5.35. The maximum absolute atomic E-state index is 11.1. The minimum atomic E-state index is -0.278. The van der Waals surface area contributed by atoms with E-state index < -0.39 is 0 Å². The van der Waals surface area contributed by atoms with E-state index in [9.17, 15) is 4.79 Å². The van der Waals surface area contributed by atoms with Crippen LogP contribution in [0.4, 0.5) is 0 Å². The van der Waals surface area contributed by atoms with Crippen molar-refractivity contribution in [2.24, 2.45) is 5.92 Å². The summed E-state index contributed by atoms with van der Waals surface area (Å²) in [6, 6.07) is 0.546. The molecule has 0 radical (unpaired) electrons. The topological polar surface area (TPSA) is 47.6 Å². The van der Waals surface area contributed by atoms with Gasteiger partial charge in [-0.05, 0) is 32.6 Å². The lowest BCUT2D eigenvalue weighted by atomic mass is 9.93. The summed E-state index contributed by atoms with van der Waals surface area (Å²) in [7, 11) is 0. The van der Waals surface area contributed by atoms with Crippen molar-refractivity contribution in [3.8, 4) is 0 Å². The Bertz CT molecular complexity index is 238. The maximum atomic E-state index is 11.1. The van der Waals surface area contributed by atoms with Crippen LogP contribution >= 0.6 is 0 Å². The molecule has 1 aliphatic carbocycles. The number of ether oxygens (including phenoxy) is 2. The standard InChI is InChI=1S/C15H29NO3/c1-3-19-15(17)12-18-11-10-16-13(2)14-8-6-4-5-7-9-14/h13-14,16H,3-12H2,1-2H3/t13-/m1/s1. The molecule has 1 aliphatic rings. The lowest BCUT2D eigenvalue weighted by Gasteiger charge is -2.23. The summed E-state index contributed by atoms with van der Waals surface area (Å²) >= 11 is 0. The van der Waals surface area contributed by atoms with E-state index >= 15 is 0 Å². The monoisotopic (exact) mass is 271 g/mol. The first kappa shape index (κ1) is 16.4. The minimum Gasteiger partial charge on any atom is -0.464 e. The fourth-order valence-corrected chi connectivity index (χ4v) is 2.69. The van der Waals surface area contributed by atoms with E-state index in [4.69, 9.17) is 9.47 Å². The van der Waals surface area contributed by atoms with E-state index in [0.29, 0.717) is 19.3 Å². The SMILES string of the molecule is CCOC(=O)COCCN[C@H](C)C1CCCCCC1. The van der Waals surface area contributed by atoms with Gasteiger partial charge in [-0.25, -0.2) is 4.79 Å². The molecule has 0 aromatic carbocycles. The Morgan fingerprint density at radius 1 is 1.26 bits per heavy atom. The Kier molecular flexibility index (Phi) is 8.84. The van der Waals surface area contributed by atoms with Crippen LogP contribution in [0.15, 0.2) is 0 Å². The fourth-order valence-electron chi connectivity index (χ4n) is 2.69. The average molecular weight is 271 g/mol. The van der Waals surface area contributed by atoms with Gasteiger partial charge in [-0.2, -0.15) is 0 Å². The highest BCUT2D eigenvalue weighted by molar-refractivity contribution is 5.70. The van der Waals surface area contributed by atoms with Gasteiger partial charge in [-0.1, -0.05) is 25.7 Å². The first-order chi connectivity index (χ1) is 9.24. The van der Waals surface area contributed by atoms with Crippen LogP contribution < -0.4 is 5.32 Å². The van der Waals surface area contributed by atoms with Gasteiger partial charge in [0, 0.05) is 12.6 Å². The molecule has 0 aromatic rings. The number of carbonyl (C=O) groups excluding carboxylic acids is 1. The molecular formula is C15H29NO3. The molecule has 0 heterocycles. The summed E-state index contributed by atoms with van der Waals surface area (Å²) in [6.45, 7) is 5.91. The minimum absolute atomic E-state index is 0.0628. The van der Waals surface area contributed by atoms with Crippen molar-refractivity contribution in [2.75, 3.05) is 26.4 Å². The quantitative estimate of drug-likeness (QED) is 0.418. The molecule has 0 saturated heterocycles. The Morgan fingerprint density at radius 2 is 1.95 bits per heavy atom. The summed E-state index contributed by atoms with van der Waals surface area (Å²) < 4.78 is 10.1. The van der Waals surface area contributed by atoms with E-state index in [1.54, 1.807) is 6.92 Å². The summed E-state index contributed by atoms with van der Waals surface area (Å²) in [5, 5.41) is 3.51. The van der Waals surface area contributed by atoms with Crippen molar-refractivity contribution in [1.29, 1.82) is 0 Å². The van der Waals surface area contributed by atoms with E-state index in [1.807, 2.05) is 0 Å². The van der Waals surface area contributed by atoms with E-state index in [0.717, 1.165) is 12.5 Å². The average Bonchev–Trinajstić information content (AvgIpc) is 2.67. The third kappa shape index (κ3) is 7.53. The molecule has 0 amide bonds. The first-order valence-corrected chi connectivity index (χ1v) is 7.70. The molecule has 112 valence electrons. The van der Waals surface area contributed by atoms with Gasteiger partial charge >= 0.3 is 5.97 Å². The number of hydrogen-bond donors (Lipinski definition) is 1. The van der Waals surface area contributed by atoms with Crippen molar-refractivity contribution >= 4 is 5.97 Å². The smallest absolute Gasteiger partial charge is 0.332 e. The van der Waals surface area contributed by atoms with Crippen LogP contribution in [-0.2, 0) is 14.3 Å². The number of hydrogen-bond acceptors (Lipinski definition) is 4. The third-order valence-electron chi connectivity index (χ3n) is 3.84. The molecule has 1 fully saturated rings. The Balaban J connectivity index is 2.03. The second-order valence-corrected chi connectivity index (χ2v) is 5.35. The molecule has 19 heavy (non-hydrogen) atoms. The molecule has 0 bridgehead atoms. The molecule has 0 aromatic heterocycles. The number of carbonyl (C=O) groups is 1. The Labute approximate surface area is 117 Å². The van der Waals surface area contributed by atoms with Crippen LogP contribution in [0.2, 0.25) is 0 Å². The van der Waals surface area contributed by atoms with Crippen LogP contribution in [0, 0.1) is 5.92 Å². The molecule has 1 saturated carbocycles. The normalized spacial score (nSPS) is 18.8. The molecule has 4 heteroatoms. The second kappa shape index (κ2) is 10.2. The molecular weight excluding hydrogens is 242 g/mol. The number of esters is 1. The lowest BCUT2D eigenvalue weighted by molar-refractivity contribution is -0.148. The van der Waals surface area contributed by atoms with Crippen molar-refractivity contribution in [3.63, 3.8) is 0 Å². The molecule has 1 rings (SSSR count). The zero-order chi connectivity index (χ0) is 13.9. The summed E-state index contributed by atoms with van der Waals surface area (Å²) in [4.78, 5) is 11.1. The fraction of sp³-hybridized carbons (Fsp3) is 0.933. The number of rotatable bonds is 8. The Hall–Kier alpha value is -0.610. The molecule has 0 spiro atoms. The van der Waals surface area contributed by atoms with Crippen molar-refractivity contribution in [3.05, 3.63) is 0 Å². The molecule has 1 N–H and O–H groups in total. The molecule has 0 aliphatic heterocycles. The van der Waals surface area contributed by atoms with Gasteiger partial charge < -0.3 is 14.8 Å². The van der Waals surface area contributed by atoms with Gasteiger partial charge in [0.2, 0.25) is 0 Å². The molecule has 4 nitrogen and oxygen atoms in total. The molecule has 1 atom stereocenters. The number of nitrogens with one attached hydrogen (secondary N) is 1. The van der Waals surface area contributed by atoms with Gasteiger partial charge in [0.25, 0.3) is 0 Å². The van der Waals surface area contributed by atoms with Crippen molar-refractivity contribution < 1.29 is 14.3 Å². The third-order valence-corrected chi connectivity index (χ3v) is 3.84. The van der Waals surface area contributed by atoms with Crippen LogP contribution in [0.1, 0.15) is 52.4 Å².